The van der Waals surface area contributed by atoms with Crippen LogP contribution >= 0.6 is 0 Å². The van der Waals surface area contributed by atoms with Crippen molar-refractivity contribution in [3.8, 4) is 48.1 Å². The first-order valence-corrected chi connectivity index (χ1v) is 14.2. The van der Waals surface area contributed by atoms with Gasteiger partial charge in [-0.15, -0.1) is 18.3 Å². The molecule has 0 saturated heterocycles. The Balaban J connectivity index is 3.29. The second kappa shape index (κ2) is 28.9. The summed E-state index contributed by atoms with van der Waals surface area (Å²) >= 11 is 0. The average Bonchev–Trinajstić information content (AvgIpc) is 2.88. The van der Waals surface area contributed by atoms with Gasteiger partial charge in [0.1, 0.15) is 18.3 Å². The highest BCUT2D eigenvalue weighted by molar-refractivity contribution is 5.25. The van der Waals surface area contributed by atoms with Crippen LogP contribution in [-0.4, -0.2) is 29.5 Å². The summed E-state index contributed by atoms with van der Waals surface area (Å²) in [5.74, 6) is 16.8. The number of aliphatic hydroxyl groups excluding tert-OH is 2. The zero-order valence-corrected chi connectivity index (χ0v) is 22.8. The molecular weight excluding hydrogens is 444 g/mol. The number of terminal acetylenes is 1. The summed E-state index contributed by atoms with van der Waals surface area (Å²) < 4.78 is 4.58. The fraction of sp³-hybridized carbons (Fsp3) is 0.697. The molecule has 0 bridgehead atoms. The van der Waals surface area contributed by atoms with E-state index in [1.54, 1.807) is 6.08 Å². The molecule has 0 aromatic rings. The second-order valence-electron chi connectivity index (χ2n) is 9.34. The first-order valence-electron chi connectivity index (χ1n) is 14.2. The fourth-order valence-corrected chi connectivity index (χ4v) is 3.87. The Kier molecular flexibility index (Phi) is 27.1. The number of methoxy groups -OCH3 is 1. The van der Waals surface area contributed by atoms with Crippen LogP contribution in [0.25, 0.3) is 0 Å². The van der Waals surface area contributed by atoms with Gasteiger partial charge in [0.15, 0.2) is 0 Å². The van der Waals surface area contributed by atoms with Gasteiger partial charge in [0, 0.05) is 18.8 Å². The van der Waals surface area contributed by atoms with Crippen molar-refractivity contribution >= 4 is 0 Å². The maximum atomic E-state index is 9.73. The van der Waals surface area contributed by atoms with E-state index < -0.39 is 12.2 Å². The number of allylic oxidation sites excluding steroid dienone is 1. The molecule has 0 aromatic carbocycles. The van der Waals surface area contributed by atoms with Crippen molar-refractivity contribution in [1.29, 1.82) is 0 Å². The van der Waals surface area contributed by atoms with Gasteiger partial charge in [0.05, 0.1) is 7.11 Å². The summed E-state index contributed by atoms with van der Waals surface area (Å²) in [4.78, 5) is 0. The van der Waals surface area contributed by atoms with Crippen LogP contribution in [0.4, 0.5) is 0 Å². The number of hydrogen-bond acceptors (Lipinski definition) is 3. The average molecular weight is 495 g/mol. The third-order valence-corrected chi connectivity index (χ3v) is 6.02. The van der Waals surface area contributed by atoms with Crippen LogP contribution in [0.2, 0.25) is 0 Å². The Morgan fingerprint density at radius 3 is 1.72 bits per heavy atom. The predicted molar refractivity (Wildman–Crippen MR) is 153 cm³/mol. The molecule has 0 saturated carbocycles. The molecule has 2 unspecified atom stereocenters. The Morgan fingerprint density at radius 2 is 1.19 bits per heavy atom. The van der Waals surface area contributed by atoms with Crippen LogP contribution in [-0.2, 0) is 4.74 Å². The first kappa shape index (κ1) is 33.7. The van der Waals surface area contributed by atoms with Gasteiger partial charge in [-0.1, -0.05) is 95.0 Å². The lowest BCUT2D eigenvalue weighted by atomic mass is 10.0. The topological polar surface area (TPSA) is 49.7 Å². The van der Waals surface area contributed by atoms with Gasteiger partial charge in [-0.05, 0) is 50.5 Å². The van der Waals surface area contributed by atoms with Crippen LogP contribution in [0.5, 0.6) is 0 Å². The molecule has 0 aliphatic carbocycles. The van der Waals surface area contributed by atoms with Crippen molar-refractivity contribution in [3.63, 3.8) is 0 Å². The molecule has 0 heterocycles. The van der Waals surface area contributed by atoms with Gasteiger partial charge in [-0.3, -0.25) is 0 Å². The van der Waals surface area contributed by atoms with Crippen LogP contribution in [0, 0.1) is 48.1 Å². The number of rotatable bonds is 21. The third-order valence-electron chi connectivity index (χ3n) is 6.02. The zero-order valence-electron chi connectivity index (χ0n) is 22.8. The molecule has 0 rings (SSSR count). The molecule has 0 aliphatic rings. The fourth-order valence-electron chi connectivity index (χ4n) is 3.87. The number of aliphatic hydroxyl groups is 2. The summed E-state index contributed by atoms with van der Waals surface area (Å²) in [6.07, 6.45) is 33.8. The quantitative estimate of drug-likeness (QED) is 0.0999. The van der Waals surface area contributed by atoms with Crippen molar-refractivity contribution in [3.05, 3.63) is 12.2 Å². The lowest BCUT2D eigenvalue weighted by molar-refractivity contribution is 0.217. The van der Waals surface area contributed by atoms with Gasteiger partial charge in [0.25, 0.3) is 0 Å². The maximum absolute atomic E-state index is 9.73. The molecule has 200 valence electrons. The normalized spacial score (nSPS) is 11.8. The largest absolute Gasteiger partial charge is 0.449 e. The molecule has 3 nitrogen and oxygen atoms in total. The predicted octanol–water partition coefficient (Wildman–Crippen LogP) is 7.31. The molecular formula is C33H50O3. The van der Waals surface area contributed by atoms with Crippen LogP contribution in [0.15, 0.2) is 12.2 Å². The van der Waals surface area contributed by atoms with E-state index in [1.807, 2.05) is 6.08 Å². The number of hydrogen-bond donors (Lipinski definition) is 2. The first-order chi connectivity index (χ1) is 17.7. The summed E-state index contributed by atoms with van der Waals surface area (Å²) in [5, 5.41) is 19.0. The van der Waals surface area contributed by atoms with E-state index in [0.29, 0.717) is 0 Å². The maximum Gasteiger partial charge on any atom is 0.133 e. The summed E-state index contributed by atoms with van der Waals surface area (Å²) in [6, 6.07) is 0. The molecule has 36 heavy (non-hydrogen) atoms. The lowest BCUT2D eigenvalue weighted by Gasteiger charge is -2.03. The molecule has 0 amide bonds. The summed E-state index contributed by atoms with van der Waals surface area (Å²) in [5.41, 5.74) is 0. The highest BCUT2D eigenvalue weighted by Gasteiger charge is 1.99. The monoisotopic (exact) mass is 494 g/mol. The van der Waals surface area contributed by atoms with E-state index in [0.717, 1.165) is 38.5 Å². The smallest absolute Gasteiger partial charge is 0.133 e. The van der Waals surface area contributed by atoms with Gasteiger partial charge < -0.3 is 14.9 Å². The summed E-state index contributed by atoms with van der Waals surface area (Å²) in [6.45, 7) is 0. The van der Waals surface area contributed by atoms with E-state index in [-0.39, 0.29) is 0 Å². The van der Waals surface area contributed by atoms with E-state index in [4.69, 9.17) is 6.42 Å². The van der Waals surface area contributed by atoms with E-state index in [9.17, 15) is 10.2 Å². The van der Waals surface area contributed by atoms with Gasteiger partial charge >= 0.3 is 0 Å². The molecule has 0 spiro atoms. The lowest BCUT2D eigenvalue weighted by Crippen LogP contribution is -2.01. The minimum atomic E-state index is -0.729. The molecule has 2 N–H and O–H groups in total. The van der Waals surface area contributed by atoms with Crippen LogP contribution in [0.1, 0.15) is 128 Å². The molecule has 2 atom stereocenters. The Hall–Kier alpha value is -2.30. The highest BCUT2D eigenvalue weighted by Crippen LogP contribution is 2.12. The van der Waals surface area contributed by atoms with Crippen molar-refractivity contribution in [2.24, 2.45) is 0 Å². The van der Waals surface area contributed by atoms with E-state index in [2.05, 4.69) is 46.4 Å². The molecule has 0 aromatic heterocycles. The van der Waals surface area contributed by atoms with Gasteiger partial charge in [-0.25, -0.2) is 0 Å². The molecule has 0 fully saturated rings. The molecule has 0 radical (unpaired) electrons. The number of ether oxygens (including phenoxy) is 1. The van der Waals surface area contributed by atoms with Crippen molar-refractivity contribution < 1.29 is 14.9 Å². The summed E-state index contributed by atoms with van der Waals surface area (Å²) in [7, 11) is 1.49. The highest BCUT2D eigenvalue weighted by atomic mass is 16.5. The second-order valence-corrected chi connectivity index (χ2v) is 9.34. The van der Waals surface area contributed by atoms with E-state index in [1.165, 1.54) is 97.0 Å². The van der Waals surface area contributed by atoms with Crippen LogP contribution < -0.4 is 0 Å². The van der Waals surface area contributed by atoms with E-state index >= 15 is 0 Å². The van der Waals surface area contributed by atoms with Gasteiger partial charge in [0.2, 0.25) is 0 Å². The Bertz CT molecular complexity index is 742. The van der Waals surface area contributed by atoms with Crippen molar-refractivity contribution in [2.45, 2.75) is 141 Å². The number of unbranched alkanes of at least 4 members (excludes halogenated alkanes) is 17. The minimum absolute atomic E-state index is 0.573. The van der Waals surface area contributed by atoms with Crippen molar-refractivity contribution in [1.82, 2.24) is 0 Å². The Morgan fingerprint density at radius 1 is 0.694 bits per heavy atom. The SMILES string of the molecule is C#CC(O)C=CCCCCCCCCCC#CCCCCCCCCCCCC(O)C#CC#COC. The standard InChI is InChI=1S/C33H50O3/c1-3-32(34)28-24-22-20-18-16-14-12-10-8-6-4-5-7-9-11-13-15-17-19-21-23-25-29-33(35)30-26-27-31-36-2/h1,24,28,32-35H,6-23,25,29H2,2H3. The third kappa shape index (κ3) is 27.9. The van der Waals surface area contributed by atoms with Crippen LogP contribution in [0.3, 0.4) is 0 Å². The molecule has 3 heteroatoms. The Labute approximate surface area is 222 Å². The minimum Gasteiger partial charge on any atom is -0.449 e. The zero-order chi connectivity index (χ0) is 26.4. The van der Waals surface area contributed by atoms with Crippen molar-refractivity contribution in [2.75, 3.05) is 7.11 Å². The van der Waals surface area contributed by atoms with Gasteiger partial charge in [-0.2, -0.15) is 0 Å². The molecule has 0 aliphatic heterocycles.